The number of thiophene rings is 1. The van der Waals surface area contributed by atoms with Crippen molar-refractivity contribution in [2.45, 2.75) is 72.1 Å². The van der Waals surface area contributed by atoms with Crippen LogP contribution in [0.5, 0.6) is 0 Å². The van der Waals surface area contributed by atoms with E-state index in [1.165, 1.54) is 24.1 Å². The monoisotopic (exact) mass is 388 g/mol. The van der Waals surface area contributed by atoms with Crippen molar-refractivity contribution in [3.05, 3.63) is 16.0 Å². The first-order valence-electron chi connectivity index (χ1n) is 10.5. The van der Waals surface area contributed by atoms with Gasteiger partial charge in [0.25, 0.3) is 5.91 Å². The molecule has 0 saturated heterocycles. The van der Waals surface area contributed by atoms with Gasteiger partial charge in [0.05, 0.1) is 5.56 Å². The minimum Gasteiger partial charge on any atom is -0.365 e. The number of carbonyl (C=O) groups excluding carboxylic acids is 2. The van der Waals surface area contributed by atoms with Gasteiger partial charge < -0.3 is 11.1 Å². The molecule has 4 rings (SSSR count). The van der Waals surface area contributed by atoms with Gasteiger partial charge in [-0.15, -0.1) is 11.3 Å². The van der Waals surface area contributed by atoms with Gasteiger partial charge in [-0.25, -0.2) is 0 Å². The average Bonchev–Trinajstić information content (AvgIpc) is 3.34. The number of amides is 2. The SMILES string of the molecule is CCC(C)(C)[C@H]1CCc2c(sc(NC(=O)[C@H]3C[C@H]4CC[C@H]3C4)c2C(N)=O)C1. The maximum absolute atomic E-state index is 12.9. The van der Waals surface area contributed by atoms with E-state index >= 15 is 0 Å². The third-order valence-corrected chi connectivity index (χ3v) is 9.01. The van der Waals surface area contributed by atoms with Crippen LogP contribution in [0, 0.1) is 29.1 Å². The molecular formula is C22H32N2O2S. The lowest BCUT2D eigenvalue weighted by atomic mass is 9.69. The first kappa shape index (κ1) is 19.0. The van der Waals surface area contributed by atoms with Gasteiger partial charge in [-0.3, -0.25) is 9.59 Å². The first-order valence-corrected chi connectivity index (χ1v) is 11.4. The molecule has 1 aromatic heterocycles. The summed E-state index contributed by atoms with van der Waals surface area (Å²) in [5.41, 5.74) is 7.71. The standard InChI is InChI=1S/C22H32N2O2S/c1-4-22(2,3)14-7-8-15-17(11-14)27-21(18(15)19(23)25)24-20(26)16-10-12-5-6-13(16)9-12/h12-14,16H,4-11H2,1-3H3,(H2,23,25)(H,24,26)/t12-,13-,14-,16-/m0/s1. The van der Waals surface area contributed by atoms with Gasteiger partial charge in [0.2, 0.25) is 5.91 Å². The maximum Gasteiger partial charge on any atom is 0.251 e. The zero-order valence-electron chi connectivity index (χ0n) is 16.8. The molecule has 2 amide bonds. The van der Waals surface area contributed by atoms with Crippen molar-refractivity contribution < 1.29 is 9.59 Å². The third kappa shape index (κ3) is 3.32. The number of carbonyl (C=O) groups is 2. The van der Waals surface area contributed by atoms with Gasteiger partial charge >= 0.3 is 0 Å². The Kier molecular flexibility index (Phi) is 4.86. The van der Waals surface area contributed by atoms with Crippen LogP contribution >= 0.6 is 11.3 Å². The number of nitrogens with one attached hydrogen (secondary N) is 1. The van der Waals surface area contributed by atoms with Crippen molar-refractivity contribution in [3.63, 3.8) is 0 Å². The Hall–Kier alpha value is -1.36. The summed E-state index contributed by atoms with van der Waals surface area (Å²) >= 11 is 1.60. The molecular weight excluding hydrogens is 356 g/mol. The zero-order chi connectivity index (χ0) is 19.3. The Balaban J connectivity index is 1.57. The van der Waals surface area contributed by atoms with Gasteiger partial charge in [0.1, 0.15) is 5.00 Å². The normalized spacial score (nSPS) is 29.6. The molecule has 2 bridgehead atoms. The predicted octanol–water partition coefficient (Wildman–Crippen LogP) is 4.76. The number of nitrogens with two attached hydrogens (primary N) is 1. The van der Waals surface area contributed by atoms with E-state index in [1.54, 1.807) is 11.3 Å². The third-order valence-electron chi connectivity index (χ3n) is 7.84. The second-order valence-corrected chi connectivity index (χ2v) is 10.7. The molecule has 27 heavy (non-hydrogen) atoms. The molecule has 1 aromatic rings. The van der Waals surface area contributed by atoms with Gasteiger partial charge in [0, 0.05) is 10.8 Å². The van der Waals surface area contributed by atoms with Crippen LogP contribution in [0.3, 0.4) is 0 Å². The fourth-order valence-electron chi connectivity index (χ4n) is 5.66. The number of fused-ring (bicyclic) bond motifs is 3. The first-order chi connectivity index (χ1) is 12.8. The second kappa shape index (κ2) is 6.91. The highest BCUT2D eigenvalue weighted by molar-refractivity contribution is 7.17. The summed E-state index contributed by atoms with van der Waals surface area (Å²) < 4.78 is 0. The summed E-state index contributed by atoms with van der Waals surface area (Å²) in [6.45, 7) is 6.92. The van der Waals surface area contributed by atoms with Crippen molar-refractivity contribution in [1.29, 1.82) is 0 Å². The molecule has 0 aromatic carbocycles. The van der Waals surface area contributed by atoms with Crippen LogP contribution in [0.2, 0.25) is 0 Å². The Morgan fingerprint density at radius 3 is 2.59 bits per heavy atom. The van der Waals surface area contributed by atoms with E-state index in [-0.39, 0.29) is 11.8 Å². The van der Waals surface area contributed by atoms with Gasteiger partial charge in [-0.1, -0.05) is 33.6 Å². The van der Waals surface area contributed by atoms with Crippen molar-refractivity contribution in [1.82, 2.24) is 0 Å². The molecule has 3 aliphatic carbocycles. The highest BCUT2D eigenvalue weighted by atomic mass is 32.1. The van der Waals surface area contributed by atoms with Crippen LogP contribution in [0.15, 0.2) is 0 Å². The van der Waals surface area contributed by atoms with E-state index in [0.29, 0.717) is 27.8 Å². The number of primary amides is 1. The van der Waals surface area contributed by atoms with Crippen LogP contribution in [0.1, 0.15) is 80.1 Å². The zero-order valence-corrected chi connectivity index (χ0v) is 17.6. The lowest BCUT2D eigenvalue weighted by Gasteiger charge is -2.36. The summed E-state index contributed by atoms with van der Waals surface area (Å²) in [6.07, 6.45) is 8.80. The molecule has 0 unspecified atom stereocenters. The molecule has 2 fully saturated rings. The molecule has 0 radical (unpaired) electrons. The molecule has 148 valence electrons. The van der Waals surface area contributed by atoms with E-state index in [9.17, 15) is 9.59 Å². The Morgan fingerprint density at radius 1 is 1.22 bits per heavy atom. The fraction of sp³-hybridized carbons (Fsp3) is 0.727. The number of anilines is 1. The van der Waals surface area contributed by atoms with E-state index in [0.717, 1.165) is 43.6 Å². The summed E-state index contributed by atoms with van der Waals surface area (Å²) in [6, 6.07) is 0. The smallest absolute Gasteiger partial charge is 0.251 e. The van der Waals surface area contributed by atoms with Crippen LogP contribution in [-0.2, 0) is 17.6 Å². The van der Waals surface area contributed by atoms with E-state index in [2.05, 4.69) is 26.1 Å². The van der Waals surface area contributed by atoms with Crippen molar-refractivity contribution in [2.24, 2.45) is 34.8 Å². The van der Waals surface area contributed by atoms with Gasteiger partial charge in [-0.05, 0) is 67.3 Å². The largest absolute Gasteiger partial charge is 0.365 e. The van der Waals surface area contributed by atoms with Gasteiger partial charge in [-0.2, -0.15) is 0 Å². The quantitative estimate of drug-likeness (QED) is 0.763. The predicted molar refractivity (Wildman–Crippen MR) is 110 cm³/mol. The lowest BCUT2D eigenvalue weighted by molar-refractivity contribution is -0.121. The topological polar surface area (TPSA) is 72.2 Å². The highest BCUT2D eigenvalue weighted by Crippen LogP contribution is 2.49. The minimum atomic E-state index is -0.399. The molecule has 3 aliphatic rings. The fourth-order valence-corrected chi connectivity index (χ4v) is 7.00. The van der Waals surface area contributed by atoms with E-state index in [4.69, 9.17) is 5.73 Å². The lowest BCUT2D eigenvalue weighted by Crippen LogP contribution is -2.29. The van der Waals surface area contributed by atoms with E-state index < -0.39 is 5.91 Å². The number of hydrogen-bond acceptors (Lipinski definition) is 3. The highest BCUT2D eigenvalue weighted by Gasteiger charge is 2.43. The molecule has 2 saturated carbocycles. The molecule has 4 atom stereocenters. The van der Waals surface area contributed by atoms with Crippen molar-refractivity contribution in [3.8, 4) is 0 Å². The number of hydrogen-bond donors (Lipinski definition) is 2. The molecule has 0 spiro atoms. The number of rotatable bonds is 5. The van der Waals surface area contributed by atoms with Crippen LogP contribution in [0.25, 0.3) is 0 Å². The van der Waals surface area contributed by atoms with Gasteiger partial charge in [0.15, 0.2) is 0 Å². The summed E-state index contributed by atoms with van der Waals surface area (Å²) in [5.74, 6) is 1.71. The molecule has 4 nitrogen and oxygen atoms in total. The maximum atomic E-state index is 12.9. The molecule has 0 aliphatic heterocycles. The molecule has 1 heterocycles. The molecule has 5 heteroatoms. The van der Waals surface area contributed by atoms with Crippen molar-refractivity contribution in [2.75, 3.05) is 5.32 Å². The molecule has 3 N–H and O–H groups in total. The average molecular weight is 389 g/mol. The summed E-state index contributed by atoms with van der Waals surface area (Å²) in [4.78, 5) is 26.4. The van der Waals surface area contributed by atoms with Crippen LogP contribution < -0.4 is 11.1 Å². The van der Waals surface area contributed by atoms with Crippen molar-refractivity contribution >= 4 is 28.2 Å². The Morgan fingerprint density at radius 2 is 2.00 bits per heavy atom. The van der Waals surface area contributed by atoms with Crippen LogP contribution in [0.4, 0.5) is 5.00 Å². The Bertz CT molecular complexity index is 767. The summed E-state index contributed by atoms with van der Waals surface area (Å²) in [7, 11) is 0. The van der Waals surface area contributed by atoms with Crippen LogP contribution in [-0.4, -0.2) is 11.8 Å². The summed E-state index contributed by atoms with van der Waals surface area (Å²) in [5, 5.41) is 3.83. The Labute approximate surface area is 166 Å². The second-order valence-electron chi connectivity index (χ2n) is 9.62. The minimum absolute atomic E-state index is 0.105. The van der Waals surface area contributed by atoms with E-state index in [1.807, 2.05) is 0 Å².